The smallest absolute Gasteiger partial charge is 0.239 e. The number of nitrogens with zero attached hydrogens (tertiary/aromatic N) is 1. The predicted molar refractivity (Wildman–Crippen MR) is 68.8 cm³/mol. The fourth-order valence-corrected chi connectivity index (χ4v) is 2.41. The quantitative estimate of drug-likeness (QED) is 0.864. The molecule has 1 saturated heterocycles. The molecule has 1 unspecified atom stereocenters. The van der Waals surface area contributed by atoms with E-state index in [1.54, 1.807) is 16.7 Å². The van der Waals surface area contributed by atoms with Crippen LogP contribution in [-0.2, 0) is 17.1 Å². The molecule has 1 atom stereocenters. The van der Waals surface area contributed by atoms with Crippen molar-refractivity contribution < 1.29 is 9.21 Å². The zero-order chi connectivity index (χ0) is 12.3. The van der Waals surface area contributed by atoms with Crippen molar-refractivity contribution in [1.82, 2.24) is 10.2 Å². The molecule has 1 aliphatic heterocycles. The standard InChI is InChI=1S/C12H18N2O2S/c1-14-6-5-11(12(14)15)13-7-9-3-4-10(16-9)8-17-2/h3-4,11,13H,5-8H2,1-2H3. The number of amides is 1. The lowest BCUT2D eigenvalue weighted by Crippen LogP contribution is -2.36. The number of carbonyl (C=O) groups excluding carboxylic acids is 1. The molecule has 94 valence electrons. The van der Waals surface area contributed by atoms with Gasteiger partial charge in [-0.3, -0.25) is 10.1 Å². The van der Waals surface area contributed by atoms with Crippen molar-refractivity contribution >= 4 is 17.7 Å². The van der Waals surface area contributed by atoms with Crippen molar-refractivity contribution in [1.29, 1.82) is 0 Å². The largest absolute Gasteiger partial charge is 0.464 e. The lowest BCUT2D eigenvalue weighted by Gasteiger charge is -2.10. The van der Waals surface area contributed by atoms with Crippen LogP contribution < -0.4 is 5.32 Å². The summed E-state index contributed by atoms with van der Waals surface area (Å²) in [6, 6.07) is 3.92. The van der Waals surface area contributed by atoms with Crippen LogP contribution in [-0.4, -0.2) is 36.7 Å². The highest BCUT2D eigenvalue weighted by Crippen LogP contribution is 2.14. The first-order chi connectivity index (χ1) is 8.20. The zero-order valence-corrected chi connectivity index (χ0v) is 11.0. The van der Waals surface area contributed by atoms with E-state index in [0.717, 1.165) is 30.2 Å². The Bertz CT molecular complexity index is 392. The molecule has 0 aromatic carbocycles. The third-order valence-electron chi connectivity index (χ3n) is 2.95. The number of furan rings is 1. The summed E-state index contributed by atoms with van der Waals surface area (Å²) in [4.78, 5) is 13.4. The second kappa shape index (κ2) is 5.60. The Balaban J connectivity index is 1.83. The normalized spacial score (nSPS) is 20.2. The molecule has 0 radical (unpaired) electrons. The van der Waals surface area contributed by atoms with E-state index in [9.17, 15) is 4.79 Å². The van der Waals surface area contributed by atoms with Crippen molar-refractivity contribution in [3.05, 3.63) is 23.7 Å². The van der Waals surface area contributed by atoms with Crippen LogP contribution in [0, 0.1) is 0 Å². The minimum Gasteiger partial charge on any atom is -0.464 e. The number of carbonyl (C=O) groups is 1. The maximum absolute atomic E-state index is 11.7. The van der Waals surface area contributed by atoms with Crippen LogP contribution in [0.3, 0.4) is 0 Å². The number of rotatable bonds is 5. The van der Waals surface area contributed by atoms with Crippen molar-refractivity contribution in [2.24, 2.45) is 0 Å². The van der Waals surface area contributed by atoms with Gasteiger partial charge in [-0.1, -0.05) is 0 Å². The van der Waals surface area contributed by atoms with E-state index in [1.807, 2.05) is 25.4 Å². The third kappa shape index (κ3) is 3.04. The minimum atomic E-state index is -0.0471. The number of likely N-dealkylation sites (N-methyl/N-ethyl adjacent to an activating group) is 1. The van der Waals surface area contributed by atoms with Crippen LogP contribution in [0.4, 0.5) is 0 Å². The van der Waals surface area contributed by atoms with Crippen molar-refractivity contribution in [2.75, 3.05) is 19.8 Å². The van der Waals surface area contributed by atoms with Gasteiger partial charge in [-0.05, 0) is 24.8 Å². The van der Waals surface area contributed by atoms with Crippen LogP contribution >= 0.6 is 11.8 Å². The molecule has 1 fully saturated rings. The number of likely N-dealkylation sites (tertiary alicyclic amines) is 1. The molecule has 0 spiro atoms. The molecule has 0 bridgehead atoms. The predicted octanol–water partition coefficient (Wildman–Crippen LogP) is 1.46. The van der Waals surface area contributed by atoms with Gasteiger partial charge in [0.1, 0.15) is 11.5 Å². The highest BCUT2D eigenvalue weighted by Gasteiger charge is 2.28. The van der Waals surface area contributed by atoms with Gasteiger partial charge in [0.2, 0.25) is 5.91 Å². The summed E-state index contributed by atoms with van der Waals surface area (Å²) in [6.07, 6.45) is 2.93. The number of hydrogen-bond donors (Lipinski definition) is 1. The Kier molecular flexibility index (Phi) is 4.12. The first-order valence-electron chi connectivity index (χ1n) is 5.75. The Hall–Kier alpha value is -0.940. The van der Waals surface area contributed by atoms with Gasteiger partial charge in [-0.2, -0.15) is 11.8 Å². The van der Waals surface area contributed by atoms with E-state index in [-0.39, 0.29) is 11.9 Å². The molecule has 4 nitrogen and oxygen atoms in total. The van der Waals surface area contributed by atoms with Crippen molar-refractivity contribution in [3.8, 4) is 0 Å². The fourth-order valence-electron chi connectivity index (χ4n) is 1.97. The molecule has 2 rings (SSSR count). The van der Waals surface area contributed by atoms with Gasteiger partial charge in [-0.15, -0.1) is 0 Å². The topological polar surface area (TPSA) is 45.5 Å². The van der Waals surface area contributed by atoms with Crippen LogP contribution in [0.2, 0.25) is 0 Å². The summed E-state index contributed by atoms with van der Waals surface area (Å²) in [6.45, 7) is 1.46. The average Bonchev–Trinajstić information content (AvgIpc) is 2.87. The summed E-state index contributed by atoms with van der Waals surface area (Å²) < 4.78 is 5.64. The van der Waals surface area contributed by atoms with Gasteiger partial charge in [0, 0.05) is 13.6 Å². The van der Waals surface area contributed by atoms with E-state index in [1.165, 1.54) is 0 Å². The second-order valence-corrected chi connectivity index (χ2v) is 5.15. The summed E-state index contributed by atoms with van der Waals surface area (Å²) >= 11 is 1.74. The molecule has 2 heterocycles. The van der Waals surface area contributed by atoms with E-state index < -0.39 is 0 Å². The SMILES string of the molecule is CSCc1ccc(CNC2CCN(C)C2=O)o1. The van der Waals surface area contributed by atoms with E-state index in [2.05, 4.69) is 5.32 Å². The van der Waals surface area contributed by atoms with Crippen LogP contribution in [0.1, 0.15) is 17.9 Å². The Morgan fingerprint density at radius 3 is 2.94 bits per heavy atom. The molecule has 0 aliphatic carbocycles. The van der Waals surface area contributed by atoms with Gasteiger partial charge in [0.15, 0.2) is 0 Å². The summed E-state index contributed by atoms with van der Waals surface area (Å²) in [5.74, 6) is 2.96. The highest BCUT2D eigenvalue weighted by molar-refractivity contribution is 7.97. The fraction of sp³-hybridized carbons (Fsp3) is 0.583. The van der Waals surface area contributed by atoms with Gasteiger partial charge >= 0.3 is 0 Å². The monoisotopic (exact) mass is 254 g/mol. The van der Waals surface area contributed by atoms with Gasteiger partial charge < -0.3 is 9.32 Å². The molecular weight excluding hydrogens is 236 g/mol. The van der Waals surface area contributed by atoms with Crippen LogP contribution in [0.5, 0.6) is 0 Å². The Labute approximate surface area is 106 Å². The average molecular weight is 254 g/mol. The van der Waals surface area contributed by atoms with E-state index in [4.69, 9.17) is 4.42 Å². The van der Waals surface area contributed by atoms with Crippen LogP contribution in [0.25, 0.3) is 0 Å². The van der Waals surface area contributed by atoms with Crippen molar-refractivity contribution in [3.63, 3.8) is 0 Å². The maximum Gasteiger partial charge on any atom is 0.239 e. The maximum atomic E-state index is 11.7. The van der Waals surface area contributed by atoms with E-state index >= 15 is 0 Å². The Morgan fingerprint density at radius 2 is 2.29 bits per heavy atom. The molecule has 17 heavy (non-hydrogen) atoms. The van der Waals surface area contributed by atoms with Crippen LogP contribution in [0.15, 0.2) is 16.5 Å². The van der Waals surface area contributed by atoms with Crippen molar-refractivity contribution in [2.45, 2.75) is 24.8 Å². The molecule has 5 heteroatoms. The second-order valence-electron chi connectivity index (χ2n) is 4.28. The molecule has 1 amide bonds. The summed E-state index contributed by atoms with van der Waals surface area (Å²) in [5, 5.41) is 3.24. The summed E-state index contributed by atoms with van der Waals surface area (Å²) in [7, 11) is 1.84. The lowest BCUT2D eigenvalue weighted by atomic mass is 10.2. The molecular formula is C12H18N2O2S. The number of hydrogen-bond acceptors (Lipinski definition) is 4. The molecule has 1 aromatic rings. The lowest BCUT2D eigenvalue weighted by molar-refractivity contribution is -0.128. The van der Waals surface area contributed by atoms with E-state index in [0.29, 0.717) is 6.54 Å². The molecule has 0 saturated carbocycles. The molecule has 1 N–H and O–H groups in total. The highest BCUT2D eigenvalue weighted by atomic mass is 32.2. The number of nitrogens with one attached hydrogen (secondary N) is 1. The van der Waals surface area contributed by atoms with Gasteiger partial charge in [0.05, 0.1) is 18.3 Å². The molecule has 1 aromatic heterocycles. The first-order valence-corrected chi connectivity index (χ1v) is 7.15. The summed E-state index contributed by atoms with van der Waals surface area (Å²) in [5.41, 5.74) is 0. The zero-order valence-electron chi connectivity index (χ0n) is 10.2. The molecule has 1 aliphatic rings. The van der Waals surface area contributed by atoms with Gasteiger partial charge in [-0.25, -0.2) is 0 Å². The first kappa shape index (κ1) is 12.5. The van der Waals surface area contributed by atoms with Gasteiger partial charge in [0.25, 0.3) is 0 Å². The Morgan fingerprint density at radius 1 is 1.53 bits per heavy atom. The number of thioether (sulfide) groups is 1. The minimum absolute atomic E-state index is 0.0471. The third-order valence-corrected chi connectivity index (χ3v) is 3.53.